The van der Waals surface area contributed by atoms with Crippen LogP contribution in [0.15, 0.2) is 23.1 Å². The zero-order valence-corrected chi connectivity index (χ0v) is 9.00. The maximum Gasteiger partial charge on any atom is 0.416 e. The minimum absolute atomic E-state index is 0.123. The second-order valence-electron chi connectivity index (χ2n) is 2.97. The normalized spacial score (nSPS) is 11.5. The molecular weight excluding hydrogens is 225 g/mol. The highest BCUT2D eigenvalue weighted by Crippen LogP contribution is 2.32. The average molecular weight is 234 g/mol. The fourth-order valence-corrected chi connectivity index (χ4v) is 1.79. The number of halogens is 3. The van der Waals surface area contributed by atoms with Crippen LogP contribution in [0.5, 0.6) is 0 Å². The van der Waals surface area contributed by atoms with Crippen molar-refractivity contribution in [3.63, 3.8) is 0 Å². The van der Waals surface area contributed by atoms with Crippen LogP contribution in [0.1, 0.15) is 22.8 Å². The second kappa shape index (κ2) is 4.26. The number of carbonyl (C=O) groups is 1. The molecule has 0 spiro atoms. The molecule has 1 rings (SSSR count). The van der Waals surface area contributed by atoms with Crippen LogP contribution in [0.2, 0.25) is 0 Å². The molecule has 0 bridgehead atoms. The summed E-state index contributed by atoms with van der Waals surface area (Å²) in [4.78, 5) is 11.7. The summed E-state index contributed by atoms with van der Waals surface area (Å²) in [7, 11) is 0. The fraction of sp³-hybridized carbons (Fsp3) is 0.300. The summed E-state index contributed by atoms with van der Waals surface area (Å²) in [6.07, 6.45) is -2.68. The number of hydrogen-bond donors (Lipinski definition) is 0. The molecule has 0 aromatic heterocycles. The number of Topliss-reactive ketones (excluding diaryl/α,β-unsaturated/α-hetero) is 1. The quantitative estimate of drug-likeness (QED) is 0.574. The van der Waals surface area contributed by atoms with Crippen LogP contribution >= 0.6 is 11.8 Å². The van der Waals surface area contributed by atoms with E-state index in [2.05, 4.69) is 0 Å². The molecule has 1 aromatic carbocycles. The van der Waals surface area contributed by atoms with E-state index in [0.717, 1.165) is 12.1 Å². The monoisotopic (exact) mass is 234 g/mol. The predicted molar refractivity (Wildman–Crippen MR) is 53.2 cm³/mol. The van der Waals surface area contributed by atoms with Crippen molar-refractivity contribution < 1.29 is 18.0 Å². The Labute approximate surface area is 89.7 Å². The SMILES string of the molecule is CSc1ccc(C(F)(F)F)cc1C(C)=O. The van der Waals surface area contributed by atoms with E-state index in [9.17, 15) is 18.0 Å². The Bertz CT molecular complexity index is 385. The summed E-state index contributed by atoms with van der Waals surface area (Å²) in [6, 6.07) is 3.21. The van der Waals surface area contributed by atoms with Gasteiger partial charge in [-0.3, -0.25) is 4.79 Å². The van der Waals surface area contributed by atoms with Crippen LogP contribution < -0.4 is 0 Å². The molecule has 0 saturated heterocycles. The minimum atomic E-state index is -4.40. The summed E-state index contributed by atoms with van der Waals surface area (Å²) >= 11 is 1.25. The van der Waals surface area contributed by atoms with Crippen molar-refractivity contribution in [2.45, 2.75) is 18.0 Å². The zero-order chi connectivity index (χ0) is 11.6. The van der Waals surface area contributed by atoms with Gasteiger partial charge in [0.1, 0.15) is 0 Å². The lowest BCUT2D eigenvalue weighted by Crippen LogP contribution is -2.07. The molecule has 0 heterocycles. The standard InChI is InChI=1S/C10H9F3OS/c1-6(14)8-5-7(10(11,12)13)3-4-9(8)15-2/h3-5H,1-2H3. The summed E-state index contributed by atoms with van der Waals surface area (Å²) < 4.78 is 37.0. The molecule has 0 atom stereocenters. The molecule has 0 aliphatic heterocycles. The van der Waals surface area contributed by atoms with Crippen molar-refractivity contribution >= 4 is 17.5 Å². The Balaban J connectivity index is 3.28. The largest absolute Gasteiger partial charge is 0.416 e. The molecule has 0 N–H and O–H groups in total. The van der Waals surface area contributed by atoms with Gasteiger partial charge in [-0.05, 0) is 31.4 Å². The van der Waals surface area contributed by atoms with Crippen LogP contribution in [0.4, 0.5) is 13.2 Å². The van der Waals surface area contributed by atoms with E-state index in [-0.39, 0.29) is 11.3 Å². The Kier molecular flexibility index (Phi) is 3.44. The minimum Gasteiger partial charge on any atom is -0.294 e. The number of benzene rings is 1. The first-order valence-electron chi connectivity index (χ1n) is 4.12. The zero-order valence-electron chi connectivity index (χ0n) is 8.18. The van der Waals surface area contributed by atoms with Gasteiger partial charge in [0, 0.05) is 10.5 Å². The van der Waals surface area contributed by atoms with Gasteiger partial charge in [0.05, 0.1) is 5.56 Å². The third kappa shape index (κ3) is 2.75. The summed E-state index contributed by atoms with van der Waals surface area (Å²) in [5.41, 5.74) is -0.664. The molecule has 1 nitrogen and oxygen atoms in total. The van der Waals surface area contributed by atoms with Crippen LogP contribution in [-0.4, -0.2) is 12.0 Å². The number of ketones is 1. The molecule has 0 aliphatic rings. The van der Waals surface area contributed by atoms with E-state index in [1.807, 2.05) is 0 Å². The van der Waals surface area contributed by atoms with Gasteiger partial charge in [0.15, 0.2) is 5.78 Å². The van der Waals surface area contributed by atoms with Gasteiger partial charge >= 0.3 is 6.18 Å². The van der Waals surface area contributed by atoms with E-state index < -0.39 is 11.7 Å². The molecule has 0 aliphatic carbocycles. The number of carbonyl (C=O) groups excluding carboxylic acids is 1. The van der Waals surface area contributed by atoms with Gasteiger partial charge in [-0.2, -0.15) is 13.2 Å². The van der Waals surface area contributed by atoms with Crippen molar-refractivity contribution in [2.75, 3.05) is 6.26 Å². The molecule has 82 valence electrons. The molecule has 0 fully saturated rings. The highest BCUT2D eigenvalue weighted by molar-refractivity contribution is 7.98. The number of hydrogen-bond acceptors (Lipinski definition) is 2. The molecule has 15 heavy (non-hydrogen) atoms. The van der Waals surface area contributed by atoms with Gasteiger partial charge in [0.25, 0.3) is 0 Å². The summed E-state index contributed by atoms with van der Waals surface area (Å²) in [5.74, 6) is -0.356. The second-order valence-corrected chi connectivity index (χ2v) is 3.82. The topological polar surface area (TPSA) is 17.1 Å². The van der Waals surface area contributed by atoms with Crippen LogP contribution in [-0.2, 0) is 6.18 Å². The highest BCUT2D eigenvalue weighted by atomic mass is 32.2. The molecule has 0 amide bonds. The first kappa shape index (κ1) is 12.1. The van der Waals surface area contributed by atoms with E-state index in [1.54, 1.807) is 6.26 Å². The Morgan fingerprint density at radius 2 is 1.93 bits per heavy atom. The van der Waals surface area contributed by atoms with E-state index in [4.69, 9.17) is 0 Å². The summed E-state index contributed by atoms with van der Waals surface area (Å²) in [6.45, 7) is 1.26. The molecule has 0 radical (unpaired) electrons. The van der Waals surface area contributed by atoms with Gasteiger partial charge in [0.2, 0.25) is 0 Å². The van der Waals surface area contributed by atoms with Crippen molar-refractivity contribution in [3.8, 4) is 0 Å². The third-order valence-electron chi connectivity index (χ3n) is 1.91. The van der Waals surface area contributed by atoms with Gasteiger partial charge in [-0.25, -0.2) is 0 Å². The Morgan fingerprint density at radius 3 is 2.33 bits per heavy atom. The fourth-order valence-electron chi connectivity index (χ4n) is 1.16. The van der Waals surface area contributed by atoms with Gasteiger partial charge in [-0.15, -0.1) is 11.8 Å². The van der Waals surface area contributed by atoms with Crippen LogP contribution in [0.25, 0.3) is 0 Å². The highest BCUT2D eigenvalue weighted by Gasteiger charge is 2.31. The Morgan fingerprint density at radius 1 is 1.33 bits per heavy atom. The maximum absolute atomic E-state index is 12.3. The molecule has 5 heteroatoms. The van der Waals surface area contributed by atoms with Crippen LogP contribution in [0, 0.1) is 0 Å². The van der Waals surface area contributed by atoms with Gasteiger partial charge < -0.3 is 0 Å². The Hall–Kier alpha value is -0.970. The van der Waals surface area contributed by atoms with Crippen molar-refractivity contribution in [1.82, 2.24) is 0 Å². The molecule has 1 aromatic rings. The number of thioether (sulfide) groups is 1. The van der Waals surface area contributed by atoms with E-state index >= 15 is 0 Å². The third-order valence-corrected chi connectivity index (χ3v) is 2.70. The lowest BCUT2D eigenvalue weighted by molar-refractivity contribution is -0.137. The number of alkyl halides is 3. The number of rotatable bonds is 2. The lowest BCUT2D eigenvalue weighted by Gasteiger charge is -2.10. The first-order chi connectivity index (χ1) is 6.86. The molecular formula is C10H9F3OS. The first-order valence-corrected chi connectivity index (χ1v) is 5.35. The lowest BCUT2D eigenvalue weighted by atomic mass is 10.1. The molecule has 0 saturated carbocycles. The van der Waals surface area contributed by atoms with Crippen molar-refractivity contribution in [1.29, 1.82) is 0 Å². The van der Waals surface area contributed by atoms with Gasteiger partial charge in [-0.1, -0.05) is 0 Å². The summed E-state index contributed by atoms with van der Waals surface area (Å²) in [5, 5.41) is 0. The maximum atomic E-state index is 12.3. The van der Waals surface area contributed by atoms with E-state index in [1.165, 1.54) is 24.8 Å². The molecule has 0 unspecified atom stereocenters. The van der Waals surface area contributed by atoms with Crippen LogP contribution in [0.3, 0.4) is 0 Å². The average Bonchev–Trinajstić information content (AvgIpc) is 2.15. The van der Waals surface area contributed by atoms with Crippen molar-refractivity contribution in [3.05, 3.63) is 29.3 Å². The van der Waals surface area contributed by atoms with E-state index in [0.29, 0.717) is 4.90 Å². The van der Waals surface area contributed by atoms with Crippen molar-refractivity contribution in [2.24, 2.45) is 0 Å². The predicted octanol–water partition coefficient (Wildman–Crippen LogP) is 3.63. The smallest absolute Gasteiger partial charge is 0.294 e.